The molecule has 0 aliphatic rings. The van der Waals surface area contributed by atoms with E-state index in [1.807, 2.05) is 0 Å². The number of halogens is 1. The zero-order valence-electron chi connectivity index (χ0n) is 8.24. The third-order valence-corrected chi connectivity index (χ3v) is 1.98. The van der Waals surface area contributed by atoms with Crippen molar-refractivity contribution >= 4 is 29.1 Å². The fourth-order valence-electron chi connectivity index (χ4n) is 1.04. The van der Waals surface area contributed by atoms with Gasteiger partial charge in [0, 0.05) is 0 Å². The molecule has 0 amide bonds. The van der Waals surface area contributed by atoms with E-state index >= 15 is 0 Å². The number of esters is 1. The number of methoxy groups -OCH3 is 1. The minimum Gasteiger partial charge on any atom is -0.465 e. The van der Waals surface area contributed by atoms with Crippen molar-refractivity contribution in [3.8, 4) is 0 Å². The minimum atomic E-state index is -0.447. The van der Waals surface area contributed by atoms with Crippen LogP contribution < -0.4 is 5.73 Å². The van der Waals surface area contributed by atoms with Crippen LogP contribution in [-0.4, -0.2) is 24.8 Å². The van der Waals surface area contributed by atoms with Gasteiger partial charge in [-0.3, -0.25) is 0 Å². The Kier molecular flexibility index (Phi) is 4.12. The SMILES string of the molecule is COC(=O)c1ccccc1N=C(N)CCl. The van der Waals surface area contributed by atoms with E-state index in [-0.39, 0.29) is 11.7 Å². The van der Waals surface area contributed by atoms with Crippen LogP contribution in [0, 0.1) is 0 Å². The second kappa shape index (κ2) is 5.36. The van der Waals surface area contributed by atoms with Gasteiger partial charge in [-0.05, 0) is 12.1 Å². The van der Waals surface area contributed by atoms with E-state index in [0.717, 1.165) is 0 Å². The van der Waals surface area contributed by atoms with Gasteiger partial charge < -0.3 is 10.5 Å². The quantitative estimate of drug-likeness (QED) is 0.369. The van der Waals surface area contributed by atoms with Gasteiger partial charge in [0.05, 0.1) is 24.2 Å². The zero-order valence-corrected chi connectivity index (χ0v) is 8.99. The van der Waals surface area contributed by atoms with Crippen molar-refractivity contribution in [2.45, 2.75) is 0 Å². The maximum Gasteiger partial charge on any atom is 0.340 e. The number of aliphatic imine (C=N–C) groups is 1. The molecule has 5 heteroatoms. The number of nitrogens with zero attached hydrogens (tertiary/aromatic N) is 1. The van der Waals surface area contributed by atoms with Crippen molar-refractivity contribution in [1.82, 2.24) is 0 Å². The van der Waals surface area contributed by atoms with Crippen molar-refractivity contribution in [2.75, 3.05) is 13.0 Å². The van der Waals surface area contributed by atoms with Gasteiger partial charge in [0.2, 0.25) is 0 Å². The second-order valence-electron chi connectivity index (χ2n) is 2.75. The summed E-state index contributed by atoms with van der Waals surface area (Å²) in [7, 11) is 1.31. The normalized spacial score (nSPS) is 11.2. The molecular formula is C10H11ClN2O2. The summed E-state index contributed by atoms with van der Waals surface area (Å²) in [5.41, 5.74) is 6.31. The Bertz CT molecular complexity index is 391. The summed E-state index contributed by atoms with van der Waals surface area (Å²) in [6.45, 7) is 0. The number of carbonyl (C=O) groups is 1. The number of alkyl halides is 1. The molecule has 15 heavy (non-hydrogen) atoms. The van der Waals surface area contributed by atoms with E-state index in [9.17, 15) is 4.79 Å². The van der Waals surface area contributed by atoms with Gasteiger partial charge in [0.1, 0.15) is 5.84 Å². The number of hydrogen-bond donors (Lipinski definition) is 1. The fraction of sp³-hybridized carbons (Fsp3) is 0.200. The van der Waals surface area contributed by atoms with Crippen LogP contribution >= 0.6 is 11.6 Å². The van der Waals surface area contributed by atoms with Crippen LogP contribution in [-0.2, 0) is 4.74 Å². The number of nitrogens with two attached hydrogens (primary N) is 1. The number of carbonyl (C=O) groups excluding carboxylic acids is 1. The van der Waals surface area contributed by atoms with E-state index in [1.54, 1.807) is 24.3 Å². The predicted octanol–water partition coefficient (Wildman–Crippen LogP) is 1.70. The largest absolute Gasteiger partial charge is 0.465 e. The molecule has 0 aliphatic heterocycles. The first-order valence-corrected chi connectivity index (χ1v) is 4.79. The Balaban J connectivity index is 3.12. The van der Waals surface area contributed by atoms with Gasteiger partial charge in [-0.1, -0.05) is 12.1 Å². The molecule has 0 saturated carbocycles. The Morgan fingerprint density at radius 1 is 1.53 bits per heavy atom. The van der Waals surface area contributed by atoms with Gasteiger partial charge in [0.15, 0.2) is 0 Å². The second-order valence-corrected chi connectivity index (χ2v) is 3.01. The number of ether oxygens (including phenoxy) is 1. The molecule has 0 bridgehead atoms. The molecule has 80 valence electrons. The molecule has 0 aromatic heterocycles. The number of para-hydroxylation sites is 1. The van der Waals surface area contributed by atoms with Gasteiger partial charge in [-0.25, -0.2) is 9.79 Å². The number of hydrogen-bond acceptors (Lipinski definition) is 3. The molecule has 1 aromatic rings. The van der Waals surface area contributed by atoms with E-state index in [1.165, 1.54) is 7.11 Å². The highest BCUT2D eigenvalue weighted by molar-refractivity contribution is 6.28. The Hall–Kier alpha value is -1.55. The first kappa shape index (κ1) is 11.5. The van der Waals surface area contributed by atoms with Crippen molar-refractivity contribution in [1.29, 1.82) is 0 Å². The van der Waals surface area contributed by atoms with Crippen LogP contribution in [0.4, 0.5) is 5.69 Å². The average molecular weight is 227 g/mol. The summed E-state index contributed by atoms with van der Waals surface area (Å²) in [4.78, 5) is 15.3. The lowest BCUT2D eigenvalue weighted by atomic mass is 10.2. The van der Waals surface area contributed by atoms with Crippen LogP contribution in [0.5, 0.6) is 0 Å². The third-order valence-electron chi connectivity index (χ3n) is 1.71. The van der Waals surface area contributed by atoms with Gasteiger partial charge >= 0.3 is 5.97 Å². The Morgan fingerprint density at radius 2 is 2.20 bits per heavy atom. The number of rotatable bonds is 3. The molecule has 0 heterocycles. The highest BCUT2D eigenvalue weighted by Crippen LogP contribution is 2.19. The fourth-order valence-corrected chi connectivity index (χ4v) is 1.10. The molecule has 1 aromatic carbocycles. The first-order chi connectivity index (χ1) is 7.19. The average Bonchev–Trinajstić information content (AvgIpc) is 2.28. The van der Waals surface area contributed by atoms with Crippen LogP contribution in [0.2, 0.25) is 0 Å². The topological polar surface area (TPSA) is 64.7 Å². The third kappa shape index (κ3) is 2.95. The highest BCUT2D eigenvalue weighted by Gasteiger charge is 2.10. The van der Waals surface area contributed by atoms with Crippen molar-refractivity contribution in [3.63, 3.8) is 0 Å². The number of amidine groups is 1. The first-order valence-electron chi connectivity index (χ1n) is 4.25. The lowest BCUT2D eigenvalue weighted by Crippen LogP contribution is -2.13. The molecule has 0 aliphatic carbocycles. The molecular weight excluding hydrogens is 216 g/mol. The lowest BCUT2D eigenvalue weighted by molar-refractivity contribution is 0.0602. The maximum atomic E-state index is 11.3. The van der Waals surface area contributed by atoms with Crippen molar-refractivity contribution < 1.29 is 9.53 Å². The van der Waals surface area contributed by atoms with E-state index in [0.29, 0.717) is 11.3 Å². The molecule has 2 N–H and O–H groups in total. The van der Waals surface area contributed by atoms with Crippen LogP contribution in [0.25, 0.3) is 0 Å². The summed E-state index contributed by atoms with van der Waals surface area (Å²) in [5.74, 6) is -0.0695. The number of benzene rings is 1. The molecule has 0 fully saturated rings. The smallest absolute Gasteiger partial charge is 0.340 e. The maximum absolute atomic E-state index is 11.3. The van der Waals surface area contributed by atoms with Crippen LogP contribution in [0.1, 0.15) is 10.4 Å². The lowest BCUT2D eigenvalue weighted by Gasteiger charge is -2.03. The molecule has 1 rings (SSSR count). The van der Waals surface area contributed by atoms with E-state index in [4.69, 9.17) is 17.3 Å². The molecule has 4 nitrogen and oxygen atoms in total. The van der Waals surface area contributed by atoms with Gasteiger partial charge in [-0.15, -0.1) is 11.6 Å². The molecule has 0 spiro atoms. The summed E-state index contributed by atoms with van der Waals surface area (Å²) in [6, 6.07) is 6.77. The van der Waals surface area contributed by atoms with E-state index in [2.05, 4.69) is 9.73 Å². The van der Waals surface area contributed by atoms with Crippen LogP contribution in [0.3, 0.4) is 0 Å². The molecule has 0 saturated heterocycles. The zero-order chi connectivity index (χ0) is 11.3. The summed E-state index contributed by atoms with van der Waals surface area (Å²) in [6.07, 6.45) is 0. The van der Waals surface area contributed by atoms with E-state index < -0.39 is 5.97 Å². The summed E-state index contributed by atoms with van der Waals surface area (Å²) >= 11 is 5.50. The van der Waals surface area contributed by atoms with Crippen LogP contribution in [0.15, 0.2) is 29.3 Å². The molecule has 0 unspecified atom stereocenters. The Labute approximate surface area is 92.7 Å². The summed E-state index contributed by atoms with van der Waals surface area (Å²) in [5, 5.41) is 0. The minimum absolute atomic E-state index is 0.121. The van der Waals surface area contributed by atoms with Crippen molar-refractivity contribution in [2.24, 2.45) is 10.7 Å². The summed E-state index contributed by atoms with van der Waals surface area (Å²) < 4.78 is 4.61. The Morgan fingerprint density at radius 3 is 2.80 bits per heavy atom. The standard InChI is InChI=1S/C10H11ClN2O2/c1-15-10(14)7-4-2-3-5-8(7)13-9(12)6-11/h2-5H,6H2,1H3,(H2,12,13). The van der Waals surface area contributed by atoms with Gasteiger partial charge in [0.25, 0.3) is 0 Å². The monoisotopic (exact) mass is 226 g/mol. The van der Waals surface area contributed by atoms with Crippen molar-refractivity contribution in [3.05, 3.63) is 29.8 Å². The highest BCUT2D eigenvalue weighted by atomic mass is 35.5. The van der Waals surface area contributed by atoms with Gasteiger partial charge in [-0.2, -0.15) is 0 Å². The molecule has 0 atom stereocenters. The molecule has 0 radical (unpaired) electrons. The predicted molar refractivity (Wildman–Crippen MR) is 59.8 cm³/mol.